The van der Waals surface area contributed by atoms with Crippen molar-refractivity contribution in [2.24, 2.45) is 5.92 Å². The van der Waals surface area contributed by atoms with Gasteiger partial charge in [-0.2, -0.15) is 0 Å². The van der Waals surface area contributed by atoms with Crippen LogP contribution in [-0.4, -0.2) is 52.6 Å². The molecule has 4 rings (SSSR count). The molecule has 0 aromatic carbocycles. The van der Waals surface area contributed by atoms with E-state index in [-0.39, 0.29) is 11.8 Å². The van der Waals surface area contributed by atoms with E-state index in [1.165, 1.54) is 0 Å². The predicted molar refractivity (Wildman–Crippen MR) is 120 cm³/mol. The number of rotatable bonds is 5. The second-order valence-corrected chi connectivity index (χ2v) is 8.59. The normalized spacial score (nSPS) is 19.6. The van der Waals surface area contributed by atoms with Gasteiger partial charge in [-0.1, -0.05) is 33.9 Å². The molecule has 1 amide bonds. The van der Waals surface area contributed by atoms with E-state index in [1.807, 2.05) is 43.9 Å². The Hall–Kier alpha value is -3.09. The molecule has 1 fully saturated rings. The fourth-order valence-electron chi connectivity index (χ4n) is 3.94. The van der Waals surface area contributed by atoms with Crippen molar-refractivity contribution in [1.82, 2.24) is 14.8 Å². The lowest BCUT2D eigenvalue weighted by Gasteiger charge is -2.46. The molecular formula is C24H29FN4O2. The summed E-state index contributed by atoms with van der Waals surface area (Å²) in [5.41, 5.74) is 1.98. The van der Waals surface area contributed by atoms with Crippen molar-refractivity contribution < 1.29 is 13.9 Å². The third-order valence-electron chi connectivity index (χ3n) is 6.02. The number of anilines is 1. The van der Waals surface area contributed by atoms with Gasteiger partial charge >= 0.3 is 0 Å². The second-order valence-electron chi connectivity index (χ2n) is 8.59. The van der Waals surface area contributed by atoms with Crippen LogP contribution in [0.4, 0.5) is 10.2 Å². The summed E-state index contributed by atoms with van der Waals surface area (Å²) in [5, 5.41) is 0. The lowest BCUT2D eigenvalue weighted by Crippen LogP contribution is -2.57. The Balaban J connectivity index is 1.53. The van der Waals surface area contributed by atoms with E-state index in [0.29, 0.717) is 49.9 Å². The Kier molecular flexibility index (Phi) is 5.37. The van der Waals surface area contributed by atoms with Gasteiger partial charge in [0.1, 0.15) is 12.3 Å². The number of hydrogen-bond donors (Lipinski definition) is 0. The predicted octanol–water partition coefficient (Wildman–Crippen LogP) is 4.09. The molecule has 6 nitrogen and oxygen atoms in total. The first-order valence-corrected chi connectivity index (χ1v) is 10.7. The number of aromatic nitrogens is 1. The molecule has 1 aromatic heterocycles. The van der Waals surface area contributed by atoms with Crippen LogP contribution in [0.15, 0.2) is 55.2 Å². The molecule has 164 valence electrons. The van der Waals surface area contributed by atoms with Crippen LogP contribution in [0, 0.1) is 5.92 Å². The minimum Gasteiger partial charge on any atom is -0.488 e. The van der Waals surface area contributed by atoms with Gasteiger partial charge in [-0.3, -0.25) is 9.69 Å². The van der Waals surface area contributed by atoms with E-state index in [4.69, 9.17) is 4.74 Å². The van der Waals surface area contributed by atoms with Crippen LogP contribution >= 0.6 is 0 Å². The summed E-state index contributed by atoms with van der Waals surface area (Å²) in [6.45, 7) is 15.6. The summed E-state index contributed by atoms with van der Waals surface area (Å²) >= 11 is 0. The molecule has 0 N–H and O–H groups in total. The van der Waals surface area contributed by atoms with Gasteiger partial charge in [0.2, 0.25) is 5.91 Å². The highest BCUT2D eigenvalue weighted by atomic mass is 19.1. The van der Waals surface area contributed by atoms with Gasteiger partial charge in [0.05, 0.1) is 19.6 Å². The molecule has 0 atom stereocenters. The van der Waals surface area contributed by atoms with Crippen molar-refractivity contribution in [3.63, 3.8) is 0 Å². The molecule has 0 spiro atoms. The van der Waals surface area contributed by atoms with Crippen molar-refractivity contribution >= 4 is 17.4 Å². The van der Waals surface area contributed by atoms with Crippen LogP contribution in [-0.2, 0) is 4.79 Å². The van der Waals surface area contributed by atoms with Crippen molar-refractivity contribution in [1.29, 1.82) is 0 Å². The number of nitrogens with zero attached hydrogens (tertiary/aromatic N) is 4. The van der Waals surface area contributed by atoms with E-state index in [0.717, 1.165) is 17.0 Å². The van der Waals surface area contributed by atoms with E-state index in [9.17, 15) is 9.18 Å². The lowest BCUT2D eigenvalue weighted by atomic mass is 9.92. The van der Waals surface area contributed by atoms with Crippen LogP contribution in [0.1, 0.15) is 32.8 Å². The van der Waals surface area contributed by atoms with Gasteiger partial charge in [-0.25, -0.2) is 9.37 Å². The van der Waals surface area contributed by atoms with Crippen LogP contribution in [0.2, 0.25) is 0 Å². The molecule has 3 aliphatic heterocycles. The minimum atomic E-state index is -1.12. The van der Waals surface area contributed by atoms with Gasteiger partial charge in [0.15, 0.2) is 11.6 Å². The Morgan fingerprint density at radius 2 is 2.13 bits per heavy atom. The topological polar surface area (TPSA) is 48.9 Å². The highest BCUT2D eigenvalue weighted by Crippen LogP contribution is 2.38. The van der Waals surface area contributed by atoms with E-state index < -0.39 is 5.67 Å². The second kappa shape index (κ2) is 7.87. The quantitative estimate of drug-likeness (QED) is 0.713. The summed E-state index contributed by atoms with van der Waals surface area (Å²) in [6.07, 6.45) is 7.79. The Morgan fingerprint density at radius 1 is 1.39 bits per heavy atom. The highest BCUT2D eigenvalue weighted by molar-refractivity contribution is 5.82. The molecule has 0 bridgehead atoms. The lowest BCUT2D eigenvalue weighted by molar-refractivity contribution is -0.130. The van der Waals surface area contributed by atoms with Gasteiger partial charge in [0.25, 0.3) is 0 Å². The average Bonchev–Trinajstić information content (AvgIpc) is 2.75. The van der Waals surface area contributed by atoms with Crippen LogP contribution in [0.5, 0.6) is 5.75 Å². The number of amides is 1. The summed E-state index contributed by atoms with van der Waals surface area (Å²) in [4.78, 5) is 22.5. The van der Waals surface area contributed by atoms with Gasteiger partial charge < -0.3 is 14.5 Å². The maximum Gasteiger partial charge on any atom is 0.233 e. The molecule has 31 heavy (non-hydrogen) atoms. The molecule has 0 unspecified atom stereocenters. The number of alkyl halides is 1. The first-order valence-electron chi connectivity index (χ1n) is 10.7. The monoisotopic (exact) mass is 424 g/mol. The van der Waals surface area contributed by atoms with Crippen molar-refractivity contribution in [2.75, 3.05) is 31.1 Å². The zero-order chi connectivity index (χ0) is 22.3. The number of ether oxygens (including phenoxy) is 1. The summed E-state index contributed by atoms with van der Waals surface area (Å²) < 4.78 is 20.1. The van der Waals surface area contributed by atoms with Gasteiger partial charge in [-0.05, 0) is 24.6 Å². The zero-order valence-corrected chi connectivity index (χ0v) is 18.4. The fraction of sp³-hybridized carbons (Fsp3) is 0.417. The van der Waals surface area contributed by atoms with Crippen LogP contribution < -0.4 is 9.64 Å². The first-order chi connectivity index (χ1) is 14.7. The van der Waals surface area contributed by atoms with Gasteiger partial charge in [0, 0.05) is 41.0 Å². The number of fused-ring (bicyclic) bond motifs is 1. The summed E-state index contributed by atoms with van der Waals surface area (Å²) in [7, 11) is 0. The summed E-state index contributed by atoms with van der Waals surface area (Å²) in [6, 6.07) is 1.91. The Morgan fingerprint density at radius 3 is 2.77 bits per heavy atom. The fourth-order valence-corrected chi connectivity index (χ4v) is 3.94. The maximum atomic E-state index is 14.3. The zero-order valence-electron chi connectivity index (χ0n) is 18.4. The Bertz CT molecular complexity index is 991. The number of halogens is 1. The minimum absolute atomic E-state index is 0.00609. The number of pyridine rings is 1. The van der Waals surface area contributed by atoms with E-state index in [2.05, 4.69) is 23.0 Å². The standard InChI is InChI=1S/C24H29FN4O2/c1-6-24(25)14-27(15-24)18(5)19-12-21-22(26-13-19)29(9-10-31-21)20-7-8-28(17(4)11-20)23(30)16(2)3/h7-8,11-13,16H,4-6,9-10,14-15H2,1-3H3. The molecule has 0 radical (unpaired) electrons. The van der Waals surface area contributed by atoms with E-state index >= 15 is 0 Å². The third kappa shape index (κ3) is 3.84. The molecule has 4 heterocycles. The van der Waals surface area contributed by atoms with Crippen molar-refractivity contribution in [3.05, 3.63) is 60.7 Å². The Labute approximate surface area is 183 Å². The molecule has 1 saturated heterocycles. The molecule has 1 aromatic rings. The summed E-state index contributed by atoms with van der Waals surface area (Å²) in [5.74, 6) is 1.26. The molecule has 0 saturated carbocycles. The number of carbonyl (C=O) groups is 1. The van der Waals surface area contributed by atoms with Gasteiger partial charge in [-0.15, -0.1) is 0 Å². The highest BCUT2D eigenvalue weighted by Gasteiger charge is 2.42. The SMILES string of the molecule is C=C(c1cnc2c(c1)OCCN2C1=CC(=C)N(C(=O)C(C)C)C=C1)N1CC(F)(CC)C1. The average molecular weight is 425 g/mol. The number of likely N-dealkylation sites (tertiary alicyclic amines) is 1. The largest absolute Gasteiger partial charge is 0.488 e. The first kappa shape index (κ1) is 21.2. The van der Waals surface area contributed by atoms with Crippen LogP contribution in [0.3, 0.4) is 0 Å². The van der Waals surface area contributed by atoms with E-state index in [1.54, 1.807) is 17.3 Å². The molecule has 7 heteroatoms. The molecule has 0 aliphatic carbocycles. The molecular weight excluding hydrogens is 395 g/mol. The number of allylic oxidation sites excluding steroid dienone is 2. The number of carbonyl (C=O) groups excluding carboxylic acids is 1. The maximum absolute atomic E-state index is 14.3. The third-order valence-corrected chi connectivity index (χ3v) is 6.02. The smallest absolute Gasteiger partial charge is 0.233 e. The van der Waals surface area contributed by atoms with Crippen LogP contribution in [0.25, 0.3) is 5.70 Å². The van der Waals surface area contributed by atoms with Crippen molar-refractivity contribution in [3.8, 4) is 5.75 Å². The number of hydrogen-bond acceptors (Lipinski definition) is 5. The van der Waals surface area contributed by atoms with Crippen molar-refractivity contribution in [2.45, 2.75) is 32.9 Å². The molecule has 3 aliphatic rings.